The van der Waals surface area contributed by atoms with Crippen molar-refractivity contribution in [3.63, 3.8) is 0 Å². The van der Waals surface area contributed by atoms with Gasteiger partial charge in [0.1, 0.15) is 0 Å². The first-order valence-electron chi connectivity index (χ1n) is 7.22. The Morgan fingerprint density at radius 3 is 2.75 bits per heavy atom. The van der Waals surface area contributed by atoms with Gasteiger partial charge in [0, 0.05) is 25.6 Å². The maximum Gasteiger partial charge on any atom is 0.225 e. The van der Waals surface area contributed by atoms with Gasteiger partial charge in [0.25, 0.3) is 0 Å². The zero-order valence-electron chi connectivity index (χ0n) is 12.2. The molecule has 2 rings (SSSR count). The molecule has 0 bridgehead atoms. The average Bonchev–Trinajstić information content (AvgIpc) is 2.43. The van der Waals surface area contributed by atoms with Crippen LogP contribution < -0.4 is 5.73 Å². The fraction of sp³-hybridized carbons (Fsp3) is 0.562. The van der Waals surface area contributed by atoms with E-state index in [1.807, 2.05) is 25.2 Å². The van der Waals surface area contributed by atoms with Crippen LogP contribution in [0.5, 0.6) is 0 Å². The summed E-state index contributed by atoms with van der Waals surface area (Å²) in [5.41, 5.74) is 8.14. The number of aryl methyl sites for hydroxylation is 1. The Kier molecular flexibility index (Phi) is 4.78. The van der Waals surface area contributed by atoms with Gasteiger partial charge in [-0.1, -0.05) is 24.3 Å². The normalized spacial score (nSPS) is 26.3. The Bertz CT molecular complexity index is 475. The number of carbonyl (C=O) groups is 1. The number of benzene rings is 1. The highest BCUT2D eigenvalue weighted by Gasteiger charge is 2.32. The first-order valence-corrected chi connectivity index (χ1v) is 7.22. The standard InChI is InChI=1S/C16H24N2O2/c1-11-5-3-4-6-13(11)10-18(2)16(20)12-7-8-14(17)15(19)9-12/h3-6,12,14-15,19H,7-10,17H2,1-2H3/t12-,14-,15-/m0/s1. The van der Waals surface area contributed by atoms with Crippen LogP contribution in [-0.4, -0.2) is 35.1 Å². The second-order valence-electron chi connectivity index (χ2n) is 5.86. The first kappa shape index (κ1) is 15.0. The number of hydrogen-bond donors (Lipinski definition) is 2. The summed E-state index contributed by atoms with van der Waals surface area (Å²) in [6.45, 7) is 2.67. The van der Waals surface area contributed by atoms with E-state index in [1.165, 1.54) is 5.56 Å². The lowest BCUT2D eigenvalue weighted by Gasteiger charge is -2.32. The van der Waals surface area contributed by atoms with Crippen molar-refractivity contribution >= 4 is 5.91 Å². The minimum absolute atomic E-state index is 0.0983. The largest absolute Gasteiger partial charge is 0.391 e. The van der Waals surface area contributed by atoms with Crippen molar-refractivity contribution < 1.29 is 9.90 Å². The molecule has 1 amide bonds. The molecule has 4 heteroatoms. The van der Waals surface area contributed by atoms with Crippen molar-refractivity contribution in [3.8, 4) is 0 Å². The number of hydrogen-bond acceptors (Lipinski definition) is 3. The lowest BCUT2D eigenvalue weighted by Crippen LogP contribution is -2.44. The smallest absolute Gasteiger partial charge is 0.225 e. The SMILES string of the molecule is Cc1ccccc1CN(C)C(=O)[C@H]1CC[C@H](N)[C@@H](O)C1. The molecule has 20 heavy (non-hydrogen) atoms. The highest BCUT2D eigenvalue weighted by molar-refractivity contribution is 5.78. The van der Waals surface area contributed by atoms with Crippen molar-refractivity contribution in [1.29, 1.82) is 0 Å². The molecule has 0 saturated heterocycles. The van der Waals surface area contributed by atoms with Crippen LogP contribution in [-0.2, 0) is 11.3 Å². The predicted molar refractivity (Wildman–Crippen MR) is 79.0 cm³/mol. The summed E-state index contributed by atoms with van der Waals surface area (Å²) in [5.74, 6) is 0.0121. The number of carbonyl (C=O) groups excluding carboxylic acids is 1. The van der Waals surface area contributed by atoms with E-state index in [4.69, 9.17) is 5.73 Å². The predicted octanol–water partition coefficient (Wildman–Crippen LogP) is 1.44. The molecule has 1 saturated carbocycles. The molecule has 3 atom stereocenters. The lowest BCUT2D eigenvalue weighted by atomic mass is 9.83. The van der Waals surface area contributed by atoms with Crippen LogP contribution in [0.2, 0.25) is 0 Å². The van der Waals surface area contributed by atoms with Gasteiger partial charge in [-0.05, 0) is 37.3 Å². The topological polar surface area (TPSA) is 66.6 Å². The van der Waals surface area contributed by atoms with Crippen molar-refractivity contribution in [3.05, 3.63) is 35.4 Å². The van der Waals surface area contributed by atoms with Crippen LogP contribution in [0, 0.1) is 12.8 Å². The number of amides is 1. The summed E-state index contributed by atoms with van der Waals surface area (Å²) >= 11 is 0. The minimum Gasteiger partial charge on any atom is -0.391 e. The molecule has 1 aliphatic rings. The molecular formula is C16H24N2O2. The van der Waals surface area contributed by atoms with E-state index in [9.17, 15) is 9.90 Å². The molecular weight excluding hydrogens is 252 g/mol. The Morgan fingerprint density at radius 1 is 1.40 bits per heavy atom. The molecule has 110 valence electrons. The number of nitrogens with zero attached hydrogens (tertiary/aromatic N) is 1. The second-order valence-corrected chi connectivity index (χ2v) is 5.86. The van der Waals surface area contributed by atoms with Gasteiger partial charge in [-0.3, -0.25) is 4.79 Å². The van der Waals surface area contributed by atoms with Crippen LogP contribution in [0.4, 0.5) is 0 Å². The highest BCUT2D eigenvalue weighted by Crippen LogP contribution is 2.25. The van der Waals surface area contributed by atoms with E-state index in [2.05, 4.69) is 13.0 Å². The zero-order valence-corrected chi connectivity index (χ0v) is 12.2. The van der Waals surface area contributed by atoms with Crippen LogP contribution >= 0.6 is 0 Å². The molecule has 0 heterocycles. The van der Waals surface area contributed by atoms with Gasteiger partial charge in [0.2, 0.25) is 5.91 Å². The van der Waals surface area contributed by atoms with Gasteiger partial charge in [0.05, 0.1) is 6.10 Å². The highest BCUT2D eigenvalue weighted by atomic mass is 16.3. The van der Waals surface area contributed by atoms with Crippen molar-refractivity contribution in [1.82, 2.24) is 4.90 Å². The second kappa shape index (κ2) is 6.37. The fourth-order valence-corrected chi connectivity index (χ4v) is 2.83. The molecule has 1 fully saturated rings. The van der Waals surface area contributed by atoms with E-state index in [0.717, 1.165) is 18.4 Å². The van der Waals surface area contributed by atoms with Crippen LogP contribution in [0.3, 0.4) is 0 Å². The van der Waals surface area contributed by atoms with E-state index < -0.39 is 6.10 Å². The molecule has 3 N–H and O–H groups in total. The Labute approximate surface area is 120 Å². The Balaban J connectivity index is 1.97. The fourth-order valence-electron chi connectivity index (χ4n) is 2.83. The van der Waals surface area contributed by atoms with Crippen molar-refractivity contribution in [2.75, 3.05) is 7.05 Å². The average molecular weight is 276 g/mol. The number of rotatable bonds is 3. The minimum atomic E-state index is -0.551. The molecule has 0 aliphatic heterocycles. The molecule has 4 nitrogen and oxygen atoms in total. The van der Waals surface area contributed by atoms with Crippen molar-refractivity contribution in [2.45, 2.75) is 44.9 Å². The lowest BCUT2D eigenvalue weighted by molar-refractivity contribution is -0.137. The Morgan fingerprint density at radius 2 is 2.10 bits per heavy atom. The summed E-state index contributed by atoms with van der Waals surface area (Å²) in [5, 5.41) is 9.82. The quantitative estimate of drug-likeness (QED) is 0.878. The molecule has 1 aromatic rings. The third kappa shape index (κ3) is 3.38. The zero-order chi connectivity index (χ0) is 14.7. The third-order valence-corrected chi connectivity index (χ3v) is 4.26. The number of aliphatic hydroxyl groups is 1. The number of aliphatic hydroxyl groups excluding tert-OH is 1. The summed E-state index contributed by atoms with van der Waals surface area (Å²) in [4.78, 5) is 14.2. The van der Waals surface area contributed by atoms with Gasteiger partial charge in [-0.15, -0.1) is 0 Å². The first-order chi connectivity index (χ1) is 9.49. The maximum absolute atomic E-state index is 12.4. The Hall–Kier alpha value is -1.39. The van der Waals surface area contributed by atoms with Gasteiger partial charge in [-0.2, -0.15) is 0 Å². The summed E-state index contributed by atoms with van der Waals surface area (Å²) in [6, 6.07) is 7.91. The molecule has 0 radical (unpaired) electrons. The number of nitrogens with two attached hydrogens (primary N) is 1. The maximum atomic E-state index is 12.4. The van der Waals surface area contributed by atoms with Gasteiger partial charge in [-0.25, -0.2) is 0 Å². The molecule has 0 aromatic heterocycles. The van der Waals surface area contributed by atoms with Crippen LogP contribution in [0.15, 0.2) is 24.3 Å². The van der Waals surface area contributed by atoms with Gasteiger partial charge >= 0.3 is 0 Å². The van der Waals surface area contributed by atoms with E-state index in [0.29, 0.717) is 13.0 Å². The third-order valence-electron chi connectivity index (χ3n) is 4.26. The van der Waals surface area contributed by atoms with Crippen LogP contribution in [0.25, 0.3) is 0 Å². The van der Waals surface area contributed by atoms with Gasteiger partial charge < -0.3 is 15.7 Å². The summed E-state index contributed by atoms with van der Waals surface area (Å²) in [6.07, 6.45) is 1.42. The monoisotopic (exact) mass is 276 g/mol. The van der Waals surface area contributed by atoms with E-state index in [1.54, 1.807) is 4.90 Å². The van der Waals surface area contributed by atoms with Gasteiger partial charge in [0.15, 0.2) is 0 Å². The molecule has 1 aliphatic carbocycles. The summed E-state index contributed by atoms with van der Waals surface area (Å²) < 4.78 is 0. The van der Waals surface area contributed by atoms with Crippen molar-refractivity contribution in [2.24, 2.45) is 11.7 Å². The van der Waals surface area contributed by atoms with E-state index >= 15 is 0 Å². The van der Waals surface area contributed by atoms with E-state index in [-0.39, 0.29) is 17.9 Å². The summed E-state index contributed by atoms with van der Waals surface area (Å²) in [7, 11) is 1.83. The molecule has 1 aromatic carbocycles. The molecule has 0 unspecified atom stereocenters. The van der Waals surface area contributed by atoms with Crippen LogP contribution in [0.1, 0.15) is 30.4 Å². The molecule has 0 spiro atoms.